The Labute approximate surface area is 153 Å². The summed E-state index contributed by atoms with van der Waals surface area (Å²) in [6.45, 7) is 3.25. The highest BCUT2D eigenvalue weighted by Gasteiger charge is 2.70. The number of hydroxylamine groups is 3. The van der Waals surface area contributed by atoms with Gasteiger partial charge in [0.2, 0.25) is 0 Å². The number of carbonyl (C=O) groups excluding carboxylic acids is 1. The van der Waals surface area contributed by atoms with Crippen molar-refractivity contribution in [1.82, 2.24) is 0 Å². The van der Waals surface area contributed by atoms with E-state index in [-0.39, 0.29) is 22.1 Å². The molecule has 1 N–H and O–H groups in total. The fourth-order valence-electron chi connectivity index (χ4n) is 6.30. The zero-order valence-corrected chi connectivity index (χ0v) is 15.2. The van der Waals surface area contributed by atoms with Crippen molar-refractivity contribution in [2.24, 2.45) is 5.41 Å². The van der Waals surface area contributed by atoms with E-state index in [0.29, 0.717) is 25.1 Å². The van der Waals surface area contributed by atoms with Crippen LogP contribution < -0.4 is 5.32 Å². The third kappa shape index (κ3) is 1.66. The Balaban J connectivity index is 1.86. The number of carbonyl (C=O) groups is 1. The molecule has 5 nitrogen and oxygen atoms in total. The standard InChI is InChI=1S/C21H24N2O3/c1-3-20-9-6-11-23(25)12-10-21(19(20)23)15-7-4-5-8-16(15)22-17(21)14(13-20)18(24)26-2/h4-9,19,22H,3,10-13H2,1-2H3/t19-,20-,21-,23-/m0/s1. The SMILES string of the molecule is CC[C@]12C=CC[N@+]3([O-])CC[C@]4(C(=C(C(=O)OC)C1)Nc1ccccc14)[C@H]23. The second-order valence-corrected chi connectivity index (χ2v) is 8.16. The summed E-state index contributed by atoms with van der Waals surface area (Å²) in [7, 11) is 1.44. The van der Waals surface area contributed by atoms with Gasteiger partial charge in [-0.1, -0.05) is 31.2 Å². The highest BCUT2D eigenvalue weighted by molar-refractivity contribution is 5.93. The fraction of sp³-hybridized carbons (Fsp3) is 0.476. The predicted octanol–water partition coefficient (Wildman–Crippen LogP) is 3.23. The second-order valence-electron chi connectivity index (χ2n) is 8.16. The van der Waals surface area contributed by atoms with Crippen LogP contribution >= 0.6 is 0 Å². The molecular formula is C21H24N2O3. The molecule has 5 rings (SSSR count). The second kappa shape index (κ2) is 4.99. The van der Waals surface area contributed by atoms with Crippen LogP contribution in [0, 0.1) is 10.6 Å². The first-order chi connectivity index (χ1) is 12.5. The van der Waals surface area contributed by atoms with Crippen LogP contribution in [0.5, 0.6) is 0 Å². The van der Waals surface area contributed by atoms with Crippen molar-refractivity contribution < 1.29 is 14.2 Å². The van der Waals surface area contributed by atoms with Gasteiger partial charge >= 0.3 is 5.97 Å². The molecule has 1 saturated heterocycles. The number of quaternary nitrogens is 1. The fourth-order valence-corrected chi connectivity index (χ4v) is 6.30. The van der Waals surface area contributed by atoms with Crippen LogP contribution in [0.3, 0.4) is 0 Å². The van der Waals surface area contributed by atoms with Crippen molar-refractivity contribution in [3.05, 3.63) is 58.5 Å². The Morgan fingerprint density at radius 1 is 1.42 bits per heavy atom. The van der Waals surface area contributed by atoms with Gasteiger partial charge in [-0.2, -0.15) is 0 Å². The molecule has 1 spiro atoms. The molecule has 3 aliphatic heterocycles. The molecule has 1 fully saturated rings. The molecule has 1 aliphatic carbocycles. The van der Waals surface area contributed by atoms with E-state index in [1.165, 1.54) is 12.7 Å². The Bertz CT molecular complexity index is 876. The zero-order valence-electron chi connectivity index (χ0n) is 15.2. The first-order valence-electron chi connectivity index (χ1n) is 9.45. The lowest BCUT2D eigenvalue weighted by Crippen LogP contribution is -2.64. The number of hydrogen-bond acceptors (Lipinski definition) is 4. The zero-order chi connectivity index (χ0) is 18.2. The van der Waals surface area contributed by atoms with Crippen LogP contribution in [0.4, 0.5) is 5.69 Å². The molecule has 0 aromatic heterocycles. The number of fused-ring (bicyclic) bond motifs is 1. The summed E-state index contributed by atoms with van der Waals surface area (Å²) in [5, 5.41) is 17.4. The first-order valence-corrected chi connectivity index (χ1v) is 9.45. The lowest BCUT2D eigenvalue weighted by Gasteiger charge is -2.58. The summed E-state index contributed by atoms with van der Waals surface area (Å²) in [5.41, 5.74) is 3.11. The normalized spacial score (nSPS) is 39.1. The van der Waals surface area contributed by atoms with Crippen LogP contribution in [0.25, 0.3) is 0 Å². The van der Waals surface area contributed by atoms with Gasteiger partial charge in [0.15, 0.2) is 0 Å². The Morgan fingerprint density at radius 2 is 2.23 bits per heavy atom. The largest absolute Gasteiger partial charge is 0.632 e. The summed E-state index contributed by atoms with van der Waals surface area (Å²) in [4.78, 5) is 12.7. The molecule has 4 aliphatic rings. The van der Waals surface area contributed by atoms with E-state index in [4.69, 9.17) is 4.74 Å². The van der Waals surface area contributed by atoms with E-state index in [0.717, 1.165) is 24.2 Å². The van der Waals surface area contributed by atoms with Crippen LogP contribution in [0.15, 0.2) is 47.7 Å². The minimum atomic E-state index is -0.416. The van der Waals surface area contributed by atoms with Crippen molar-refractivity contribution in [2.45, 2.75) is 37.6 Å². The van der Waals surface area contributed by atoms with Gasteiger partial charge in [-0.15, -0.1) is 0 Å². The lowest BCUT2D eigenvalue weighted by atomic mass is 9.55. The number of anilines is 1. The maximum Gasteiger partial charge on any atom is 0.335 e. The number of nitrogens with zero attached hydrogens (tertiary/aromatic N) is 1. The molecular weight excluding hydrogens is 328 g/mol. The number of methoxy groups -OCH3 is 1. The summed E-state index contributed by atoms with van der Waals surface area (Å²) in [6, 6.07) is 8.12. The summed E-state index contributed by atoms with van der Waals surface area (Å²) in [6.07, 6.45) is 6.44. The molecule has 4 atom stereocenters. The monoisotopic (exact) mass is 352 g/mol. The molecule has 136 valence electrons. The molecule has 1 aromatic carbocycles. The van der Waals surface area contributed by atoms with E-state index in [1.807, 2.05) is 24.3 Å². The van der Waals surface area contributed by atoms with Crippen LogP contribution in [-0.2, 0) is 14.9 Å². The van der Waals surface area contributed by atoms with Crippen molar-refractivity contribution in [2.75, 3.05) is 25.5 Å². The van der Waals surface area contributed by atoms with Crippen molar-refractivity contribution in [3.8, 4) is 0 Å². The molecule has 0 bridgehead atoms. The predicted molar refractivity (Wildman–Crippen MR) is 99.0 cm³/mol. The van der Waals surface area contributed by atoms with E-state index in [2.05, 4.69) is 24.4 Å². The number of rotatable bonds is 2. The molecule has 1 aromatic rings. The number of esters is 1. The number of hydrogen-bond donors (Lipinski definition) is 1. The molecule has 0 amide bonds. The van der Waals surface area contributed by atoms with E-state index < -0.39 is 5.41 Å². The van der Waals surface area contributed by atoms with E-state index in [9.17, 15) is 10.0 Å². The Hall–Kier alpha value is -2.11. The molecule has 26 heavy (non-hydrogen) atoms. The van der Waals surface area contributed by atoms with Crippen LogP contribution in [-0.4, -0.2) is 36.9 Å². The van der Waals surface area contributed by atoms with Gasteiger partial charge in [-0.3, -0.25) is 0 Å². The maximum atomic E-state index is 13.9. The Morgan fingerprint density at radius 3 is 3.00 bits per heavy atom. The van der Waals surface area contributed by atoms with Gasteiger partial charge in [0.05, 0.1) is 31.2 Å². The molecule has 0 unspecified atom stereocenters. The van der Waals surface area contributed by atoms with Crippen LogP contribution in [0.1, 0.15) is 31.7 Å². The molecule has 3 heterocycles. The quantitative estimate of drug-likeness (QED) is 0.384. The maximum absolute atomic E-state index is 13.9. The van der Waals surface area contributed by atoms with E-state index in [1.54, 1.807) is 0 Å². The van der Waals surface area contributed by atoms with Crippen LogP contribution in [0.2, 0.25) is 0 Å². The average Bonchev–Trinajstić information content (AvgIpc) is 3.17. The van der Waals surface area contributed by atoms with Gasteiger partial charge in [0.25, 0.3) is 0 Å². The summed E-state index contributed by atoms with van der Waals surface area (Å²) >= 11 is 0. The highest BCUT2D eigenvalue weighted by Crippen LogP contribution is 2.66. The number of ether oxygens (including phenoxy) is 1. The molecule has 5 heteroatoms. The third-order valence-electron chi connectivity index (χ3n) is 7.24. The van der Waals surface area contributed by atoms with Gasteiger partial charge < -0.3 is 19.9 Å². The number of para-hydroxylation sites is 1. The van der Waals surface area contributed by atoms with Gasteiger partial charge in [-0.25, -0.2) is 4.79 Å². The minimum absolute atomic E-state index is 0.0930. The first kappa shape index (κ1) is 16.1. The molecule has 0 saturated carbocycles. The average molecular weight is 352 g/mol. The number of benzene rings is 1. The summed E-state index contributed by atoms with van der Waals surface area (Å²) < 4.78 is 4.97. The van der Waals surface area contributed by atoms with Crippen molar-refractivity contribution >= 4 is 11.7 Å². The minimum Gasteiger partial charge on any atom is -0.632 e. The lowest BCUT2D eigenvalue weighted by molar-refractivity contribution is -0.898. The Kier molecular flexibility index (Phi) is 3.09. The van der Waals surface area contributed by atoms with E-state index >= 15 is 0 Å². The smallest absolute Gasteiger partial charge is 0.335 e. The van der Waals surface area contributed by atoms with Crippen molar-refractivity contribution in [1.29, 1.82) is 0 Å². The number of nitrogens with one attached hydrogen (secondary N) is 1. The van der Waals surface area contributed by atoms with Gasteiger partial charge in [-0.05, 0) is 30.5 Å². The molecule has 0 radical (unpaired) electrons. The topological polar surface area (TPSA) is 61.4 Å². The highest BCUT2D eigenvalue weighted by atomic mass is 16.6. The van der Waals surface area contributed by atoms with Crippen molar-refractivity contribution in [3.63, 3.8) is 0 Å². The third-order valence-corrected chi connectivity index (χ3v) is 7.24. The van der Waals surface area contributed by atoms with Gasteiger partial charge in [0.1, 0.15) is 6.04 Å². The summed E-state index contributed by atoms with van der Waals surface area (Å²) in [5.74, 6) is -0.277. The van der Waals surface area contributed by atoms with Gasteiger partial charge in [0, 0.05) is 23.2 Å².